The van der Waals surface area contributed by atoms with Crippen LogP contribution in [0.15, 0.2) is 24.3 Å². The summed E-state index contributed by atoms with van der Waals surface area (Å²) < 4.78 is 0. The third-order valence-electron chi connectivity index (χ3n) is 4.54. The lowest BCUT2D eigenvalue weighted by Gasteiger charge is -2.29. The number of para-hydroxylation sites is 1. The van der Waals surface area contributed by atoms with Crippen LogP contribution in [0.2, 0.25) is 5.02 Å². The first-order valence-electron chi connectivity index (χ1n) is 7.59. The average Bonchev–Trinajstić information content (AvgIpc) is 2.91. The van der Waals surface area contributed by atoms with Crippen molar-refractivity contribution >= 4 is 22.5 Å². The molecule has 0 saturated carbocycles. The molecule has 2 aromatic rings. The number of aromatic nitrogens is 1. The van der Waals surface area contributed by atoms with Gasteiger partial charge in [-0.2, -0.15) is 0 Å². The number of rotatable bonds is 4. The molecule has 1 atom stereocenters. The Morgan fingerprint density at radius 3 is 2.81 bits per heavy atom. The molecule has 1 fully saturated rings. The third kappa shape index (κ3) is 3.10. The van der Waals surface area contributed by atoms with Crippen molar-refractivity contribution < 1.29 is 0 Å². The van der Waals surface area contributed by atoms with Crippen molar-refractivity contribution in [2.75, 3.05) is 33.7 Å². The summed E-state index contributed by atoms with van der Waals surface area (Å²) in [4.78, 5) is 8.26. The van der Waals surface area contributed by atoms with E-state index in [1.54, 1.807) is 0 Å². The van der Waals surface area contributed by atoms with Crippen molar-refractivity contribution in [2.45, 2.75) is 19.9 Å². The maximum atomic E-state index is 6.51. The standard InChI is InChI=1S/C17H24ClN3/c1-17(8-9-20(2)11-17)12-21(3)10-15-16(18)13-6-4-5-7-14(13)19-15/h4-7,19H,8-12H2,1-3H3/t17-/m0/s1. The highest BCUT2D eigenvalue weighted by Crippen LogP contribution is 2.31. The van der Waals surface area contributed by atoms with Gasteiger partial charge in [0.05, 0.1) is 5.02 Å². The Kier molecular flexibility index (Phi) is 4.00. The van der Waals surface area contributed by atoms with Crippen LogP contribution >= 0.6 is 11.6 Å². The minimum Gasteiger partial charge on any atom is -0.356 e. The summed E-state index contributed by atoms with van der Waals surface area (Å²) in [6.07, 6.45) is 1.27. The van der Waals surface area contributed by atoms with E-state index in [0.717, 1.165) is 34.7 Å². The number of fused-ring (bicyclic) bond motifs is 1. The van der Waals surface area contributed by atoms with Crippen LogP contribution in [0.1, 0.15) is 19.0 Å². The fraction of sp³-hybridized carbons (Fsp3) is 0.529. The molecule has 1 aliphatic rings. The van der Waals surface area contributed by atoms with E-state index in [1.165, 1.54) is 19.5 Å². The molecule has 1 N–H and O–H groups in total. The van der Waals surface area contributed by atoms with Gasteiger partial charge in [-0.25, -0.2) is 0 Å². The molecular formula is C17H24ClN3. The summed E-state index contributed by atoms with van der Waals surface area (Å²) in [5.41, 5.74) is 2.63. The molecule has 3 nitrogen and oxygen atoms in total. The zero-order chi connectivity index (χ0) is 15.0. The average molecular weight is 306 g/mol. The van der Waals surface area contributed by atoms with Crippen LogP contribution < -0.4 is 0 Å². The van der Waals surface area contributed by atoms with Crippen molar-refractivity contribution in [1.29, 1.82) is 0 Å². The van der Waals surface area contributed by atoms with E-state index in [2.05, 4.69) is 47.9 Å². The van der Waals surface area contributed by atoms with E-state index in [-0.39, 0.29) is 0 Å². The highest BCUT2D eigenvalue weighted by molar-refractivity contribution is 6.36. The predicted octanol–water partition coefficient (Wildman–Crippen LogP) is 3.59. The van der Waals surface area contributed by atoms with Crippen LogP contribution in [0.25, 0.3) is 10.9 Å². The van der Waals surface area contributed by atoms with E-state index >= 15 is 0 Å². The lowest BCUT2D eigenvalue weighted by molar-refractivity contribution is 0.189. The highest BCUT2D eigenvalue weighted by Gasteiger charge is 2.33. The predicted molar refractivity (Wildman–Crippen MR) is 89.9 cm³/mol. The Labute approximate surface area is 131 Å². The zero-order valence-corrected chi connectivity index (χ0v) is 13.9. The molecule has 21 heavy (non-hydrogen) atoms. The highest BCUT2D eigenvalue weighted by atomic mass is 35.5. The minimum absolute atomic E-state index is 0.391. The van der Waals surface area contributed by atoms with Gasteiger partial charge in [-0.15, -0.1) is 0 Å². The third-order valence-corrected chi connectivity index (χ3v) is 4.97. The monoisotopic (exact) mass is 305 g/mol. The Morgan fingerprint density at radius 1 is 1.38 bits per heavy atom. The van der Waals surface area contributed by atoms with E-state index in [9.17, 15) is 0 Å². The zero-order valence-electron chi connectivity index (χ0n) is 13.1. The van der Waals surface area contributed by atoms with Gasteiger partial charge in [0.2, 0.25) is 0 Å². The van der Waals surface area contributed by atoms with Gasteiger partial charge in [-0.05, 0) is 38.5 Å². The van der Waals surface area contributed by atoms with Crippen LogP contribution in [0.4, 0.5) is 0 Å². The van der Waals surface area contributed by atoms with Gasteiger partial charge in [-0.3, -0.25) is 4.90 Å². The lowest BCUT2D eigenvalue weighted by atomic mass is 9.89. The maximum Gasteiger partial charge on any atom is 0.0705 e. The van der Waals surface area contributed by atoms with Crippen molar-refractivity contribution in [1.82, 2.24) is 14.8 Å². The van der Waals surface area contributed by atoms with Crippen molar-refractivity contribution in [2.24, 2.45) is 5.41 Å². The molecule has 0 aliphatic carbocycles. The summed E-state index contributed by atoms with van der Waals surface area (Å²) in [7, 11) is 4.39. The molecule has 0 unspecified atom stereocenters. The second kappa shape index (κ2) is 5.64. The van der Waals surface area contributed by atoms with Gasteiger partial charge in [0, 0.05) is 36.2 Å². The van der Waals surface area contributed by atoms with Crippen LogP contribution in [-0.2, 0) is 6.54 Å². The van der Waals surface area contributed by atoms with Gasteiger partial charge in [0.25, 0.3) is 0 Å². The molecule has 0 bridgehead atoms. The molecule has 0 radical (unpaired) electrons. The van der Waals surface area contributed by atoms with E-state index in [1.807, 2.05) is 12.1 Å². The second-order valence-electron chi connectivity index (χ2n) is 6.93. The van der Waals surface area contributed by atoms with Gasteiger partial charge >= 0.3 is 0 Å². The minimum atomic E-state index is 0.391. The van der Waals surface area contributed by atoms with Gasteiger partial charge < -0.3 is 9.88 Å². The summed E-state index contributed by atoms with van der Waals surface area (Å²) in [6.45, 7) is 6.74. The van der Waals surface area contributed by atoms with Crippen LogP contribution in [0.5, 0.6) is 0 Å². The molecule has 114 valence electrons. The first kappa shape index (κ1) is 14.9. The summed E-state index contributed by atoms with van der Waals surface area (Å²) in [5, 5.41) is 1.99. The Balaban J connectivity index is 1.71. The number of nitrogens with one attached hydrogen (secondary N) is 1. The first-order valence-corrected chi connectivity index (χ1v) is 7.97. The molecule has 3 rings (SSSR count). The smallest absolute Gasteiger partial charge is 0.0705 e. The molecule has 2 heterocycles. The van der Waals surface area contributed by atoms with Crippen LogP contribution in [0.3, 0.4) is 0 Å². The number of halogens is 1. The van der Waals surface area contributed by atoms with Gasteiger partial charge in [0.1, 0.15) is 0 Å². The molecule has 0 amide bonds. The van der Waals surface area contributed by atoms with Crippen molar-refractivity contribution in [3.8, 4) is 0 Å². The molecule has 1 aromatic heterocycles. The number of hydrogen-bond acceptors (Lipinski definition) is 2. The van der Waals surface area contributed by atoms with Gasteiger partial charge in [-0.1, -0.05) is 36.7 Å². The Bertz CT molecular complexity index is 636. The van der Waals surface area contributed by atoms with Crippen LogP contribution in [-0.4, -0.2) is 48.5 Å². The van der Waals surface area contributed by atoms with Crippen LogP contribution in [0, 0.1) is 5.41 Å². The lowest BCUT2D eigenvalue weighted by Crippen LogP contribution is -2.35. The summed E-state index contributed by atoms with van der Waals surface area (Å²) >= 11 is 6.51. The fourth-order valence-corrected chi connectivity index (χ4v) is 3.92. The largest absolute Gasteiger partial charge is 0.356 e. The number of aromatic amines is 1. The quantitative estimate of drug-likeness (QED) is 0.932. The second-order valence-corrected chi connectivity index (χ2v) is 7.31. The number of benzene rings is 1. The topological polar surface area (TPSA) is 22.3 Å². The Hall–Kier alpha value is -1.03. The van der Waals surface area contributed by atoms with E-state index in [0.29, 0.717) is 5.41 Å². The Morgan fingerprint density at radius 2 is 2.14 bits per heavy atom. The summed E-state index contributed by atoms with van der Waals surface area (Å²) in [5.74, 6) is 0. The molecule has 1 aromatic carbocycles. The SMILES string of the molecule is CN1CC[C@](C)(CN(C)Cc2[nH]c3ccccc3c2Cl)C1. The number of likely N-dealkylation sites (tertiary alicyclic amines) is 1. The van der Waals surface area contributed by atoms with Crippen molar-refractivity contribution in [3.05, 3.63) is 35.0 Å². The number of nitrogens with zero attached hydrogens (tertiary/aromatic N) is 2. The molecule has 1 aliphatic heterocycles. The molecular weight excluding hydrogens is 282 g/mol. The van der Waals surface area contributed by atoms with Crippen molar-refractivity contribution in [3.63, 3.8) is 0 Å². The number of hydrogen-bond donors (Lipinski definition) is 1. The summed E-state index contributed by atoms with van der Waals surface area (Å²) in [6, 6.07) is 8.23. The molecule has 1 saturated heterocycles. The first-order chi connectivity index (χ1) is 9.97. The molecule has 4 heteroatoms. The number of H-pyrrole nitrogens is 1. The fourth-order valence-electron chi connectivity index (χ4n) is 3.65. The molecule has 0 spiro atoms. The van der Waals surface area contributed by atoms with Gasteiger partial charge in [0.15, 0.2) is 0 Å². The van der Waals surface area contributed by atoms with E-state index < -0.39 is 0 Å². The van der Waals surface area contributed by atoms with E-state index in [4.69, 9.17) is 11.6 Å². The normalized spacial score (nSPS) is 23.5. The maximum absolute atomic E-state index is 6.51.